The summed E-state index contributed by atoms with van der Waals surface area (Å²) in [6.45, 7) is 3.34. The van der Waals surface area contributed by atoms with Crippen LogP contribution in [0.5, 0.6) is 0 Å². The quantitative estimate of drug-likeness (QED) is 0.677. The summed E-state index contributed by atoms with van der Waals surface area (Å²) in [4.78, 5) is 31.6. The van der Waals surface area contributed by atoms with Crippen LogP contribution in [0.1, 0.15) is 53.7 Å². The molecule has 1 atom stereocenters. The van der Waals surface area contributed by atoms with Crippen LogP contribution in [0.2, 0.25) is 0 Å². The third-order valence-electron chi connectivity index (χ3n) is 5.85. The highest BCUT2D eigenvalue weighted by atomic mass is 16.5. The zero-order valence-corrected chi connectivity index (χ0v) is 18.5. The molecule has 0 spiro atoms. The van der Waals surface area contributed by atoms with Gasteiger partial charge in [0.05, 0.1) is 0 Å². The van der Waals surface area contributed by atoms with Crippen molar-refractivity contribution in [1.29, 1.82) is 0 Å². The van der Waals surface area contributed by atoms with Gasteiger partial charge in [0.25, 0.3) is 5.91 Å². The van der Waals surface area contributed by atoms with Gasteiger partial charge in [-0.15, -0.1) is 0 Å². The Balaban J connectivity index is 1.48. The SMILES string of the molecule is Cc1cc(C(=O)N2CCCC(c3nc(-c4ccccc4)no3)CCNC(=O)CC2)nn1C. The number of hydrogen-bond acceptors (Lipinski definition) is 6. The minimum absolute atomic E-state index is 0.00686. The summed E-state index contributed by atoms with van der Waals surface area (Å²) in [6, 6.07) is 11.5. The molecule has 0 bridgehead atoms. The lowest BCUT2D eigenvalue weighted by atomic mass is 9.99. The molecule has 168 valence electrons. The predicted octanol–water partition coefficient (Wildman–Crippen LogP) is 2.69. The van der Waals surface area contributed by atoms with Crippen molar-refractivity contribution >= 4 is 11.8 Å². The Labute approximate surface area is 186 Å². The van der Waals surface area contributed by atoms with Crippen molar-refractivity contribution in [2.45, 2.75) is 38.5 Å². The van der Waals surface area contributed by atoms with Gasteiger partial charge in [-0.25, -0.2) is 0 Å². The fraction of sp³-hybridized carbons (Fsp3) is 0.435. The molecule has 2 aromatic heterocycles. The minimum atomic E-state index is -0.151. The smallest absolute Gasteiger partial charge is 0.274 e. The molecule has 1 aromatic carbocycles. The summed E-state index contributed by atoms with van der Waals surface area (Å²) in [7, 11) is 1.81. The van der Waals surface area contributed by atoms with Gasteiger partial charge in [-0.2, -0.15) is 10.1 Å². The molecule has 1 aliphatic heterocycles. The molecule has 9 nitrogen and oxygen atoms in total. The molecule has 0 radical (unpaired) electrons. The van der Waals surface area contributed by atoms with Crippen LogP contribution >= 0.6 is 0 Å². The predicted molar refractivity (Wildman–Crippen MR) is 118 cm³/mol. The molecule has 1 saturated heterocycles. The molecule has 1 aliphatic rings. The highest BCUT2D eigenvalue weighted by Gasteiger charge is 2.24. The third-order valence-corrected chi connectivity index (χ3v) is 5.85. The summed E-state index contributed by atoms with van der Waals surface area (Å²) in [5.41, 5.74) is 2.21. The Kier molecular flexibility index (Phi) is 6.63. The van der Waals surface area contributed by atoms with Crippen LogP contribution in [0.25, 0.3) is 11.4 Å². The van der Waals surface area contributed by atoms with Gasteiger partial charge >= 0.3 is 0 Å². The fourth-order valence-electron chi connectivity index (χ4n) is 3.88. The normalized spacial score (nSPS) is 18.1. The lowest BCUT2D eigenvalue weighted by molar-refractivity contribution is -0.121. The van der Waals surface area contributed by atoms with Gasteiger partial charge in [0.2, 0.25) is 17.6 Å². The number of amides is 2. The second-order valence-electron chi connectivity index (χ2n) is 8.14. The van der Waals surface area contributed by atoms with E-state index >= 15 is 0 Å². The first kappa shape index (κ1) is 21.7. The Morgan fingerprint density at radius 1 is 1.19 bits per heavy atom. The minimum Gasteiger partial charge on any atom is -0.356 e. The molecule has 3 heterocycles. The molecule has 1 N–H and O–H groups in total. The van der Waals surface area contributed by atoms with Crippen LogP contribution < -0.4 is 5.32 Å². The number of nitrogens with zero attached hydrogens (tertiary/aromatic N) is 5. The Bertz CT molecular complexity index is 1060. The summed E-state index contributed by atoms with van der Waals surface area (Å²) in [5.74, 6) is 0.905. The maximum absolute atomic E-state index is 13.0. The van der Waals surface area contributed by atoms with E-state index in [4.69, 9.17) is 4.52 Å². The molecule has 32 heavy (non-hydrogen) atoms. The summed E-state index contributed by atoms with van der Waals surface area (Å²) in [6.07, 6.45) is 2.51. The van der Waals surface area contributed by atoms with Gasteiger partial charge in [0.15, 0.2) is 5.69 Å². The van der Waals surface area contributed by atoms with Crippen LogP contribution in [-0.2, 0) is 11.8 Å². The molecule has 3 aromatic rings. The number of aromatic nitrogens is 4. The third kappa shape index (κ3) is 5.04. The van der Waals surface area contributed by atoms with Crippen LogP contribution in [0.4, 0.5) is 0 Å². The summed E-state index contributed by atoms with van der Waals surface area (Å²) < 4.78 is 7.26. The van der Waals surface area contributed by atoms with E-state index in [9.17, 15) is 9.59 Å². The molecule has 0 saturated carbocycles. The Morgan fingerprint density at radius 3 is 2.75 bits per heavy atom. The average molecular weight is 437 g/mol. The first-order valence-electron chi connectivity index (χ1n) is 11.0. The first-order chi connectivity index (χ1) is 15.5. The summed E-state index contributed by atoms with van der Waals surface area (Å²) in [5, 5.41) is 11.4. The average Bonchev–Trinajstić information content (AvgIpc) is 3.41. The monoisotopic (exact) mass is 436 g/mol. The van der Waals surface area contributed by atoms with E-state index in [0.29, 0.717) is 43.5 Å². The number of carbonyl (C=O) groups is 2. The molecular formula is C23H28N6O3. The van der Waals surface area contributed by atoms with Crippen molar-refractivity contribution in [3.8, 4) is 11.4 Å². The maximum atomic E-state index is 13.0. The van der Waals surface area contributed by atoms with Crippen molar-refractivity contribution < 1.29 is 14.1 Å². The number of rotatable bonds is 3. The second-order valence-corrected chi connectivity index (χ2v) is 8.14. The van der Waals surface area contributed by atoms with Crippen molar-refractivity contribution in [1.82, 2.24) is 30.1 Å². The van der Waals surface area contributed by atoms with E-state index < -0.39 is 0 Å². The first-order valence-corrected chi connectivity index (χ1v) is 11.0. The zero-order chi connectivity index (χ0) is 22.5. The molecule has 1 unspecified atom stereocenters. The Morgan fingerprint density at radius 2 is 2.00 bits per heavy atom. The van der Waals surface area contributed by atoms with E-state index in [1.165, 1.54) is 0 Å². The van der Waals surface area contributed by atoms with E-state index in [0.717, 1.165) is 24.1 Å². The largest absolute Gasteiger partial charge is 0.356 e. The molecule has 4 rings (SSSR count). The van der Waals surface area contributed by atoms with E-state index in [-0.39, 0.29) is 24.2 Å². The number of carbonyl (C=O) groups excluding carboxylic acids is 2. The highest BCUT2D eigenvalue weighted by Crippen LogP contribution is 2.26. The van der Waals surface area contributed by atoms with Gasteiger partial charge in [-0.1, -0.05) is 35.5 Å². The lowest BCUT2D eigenvalue weighted by Crippen LogP contribution is -2.36. The number of nitrogens with one attached hydrogen (secondary N) is 1. The van der Waals surface area contributed by atoms with Crippen LogP contribution in [0, 0.1) is 6.92 Å². The van der Waals surface area contributed by atoms with Gasteiger partial charge in [-0.3, -0.25) is 14.3 Å². The van der Waals surface area contributed by atoms with Gasteiger partial charge in [0.1, 0.15) is 0 Å². The lowest BCUT2D eigenvalue weighted by Gasteiger charge is -2.21. The van der Waals surface area contributed by atoms with E-state index in [2.05, 4.69) is 20.6 Å². The Hall–Kier alpha value is -3.49. The fourth-order valence-corrected chi connectivity index (χ4v) is 3.88. The van der Waals surface area contributed by atoms with Crippen molar-refractivity contribution in [3.05, 3.63) is 53.7 Å². The second kappa shape index (κ2) is 9.76. The van der Waals surface area contributed by atoms with E-state index in [1.807, 2.05) is 44.3 Å². The maximum Gasteiger partial charge on any atom is 0.274 e. The number of aryl methyl sites for hydroxylation is 2. The molecule has 9 heteroatoms. The molecular weight excluding hydrogens is 408 g/mol. The van der Waals surface area contributed by atoms with Gasteiger partial charge in [0, 0.05) is 50.3 Å². The molecule has 2 amide bonds. The van der Waals surface area contributed by atoms with Gasteiger partial charge < -0.3 is 14.7 Å². The van der Waals surface area contributed by atoms with Crippen LogP contribution in [0.3, 0.4) is 0 Å². The van der Waals surface area contributed by atoms with Crippen LogP contribution in [0.15, 0.2) is 40.9 Å². The van der Waals surface area contributed by atoms with Crippen LogP contribution in [-0.4, -0.2) is 56.3 Å². The van der Waals surface area contributed by atoms with Crippen molar-refractivity contribution in [2.75, 3.05) is 19.6 Å². The highest BCUT2D eigenvalue weighted by molar-refractivity contribution is 5.92. The van der Waals surface area contributed by atoms with Gasteiger partial charge in [-0.05, 0) is 32.3 Å². The standard InChI is InChI=1S/C23H28N6O3/c1-16-15-19(26-28(16)2)23(31)29-13-6-9-18(10-12-24-20(30)11-14-29)22-25-21(27-32-22)17-7-4-3-5-8-17/h3-5,7-8,15,18H,6,9-14H2,1-2H3,(H,24,30). The molecule has 0 aliphatic carbocycles. The van der Waals surface area contributed by atoms with E-state index in [1.54, 1.807) is 15.6 Å². The summed E-state index contributed by atoms with van der Waals surface area (Å²) >= 11 is 0. The zero-order valence-electron chi connectivity index (χ0n) is 18.5. The van der Waals surface area contributed by atoms with Crippen molar-refractivity contribution in [2.24, 2.45) is 7.05 Å². The number of hydrogen-bond donors (Lipinski definition) is 1. The molecule has 1 fully saturated rings. The topological polar surface area (TPSA) is 106 Å². The number of benzene rings is 1. The van der Waals surface area contributed by atoms with Crippen molar-refractivity contribution in [3.63, 3.8) is 0 Å².